The molecule has 0 atom stereocenters. The fourth-order valence-corrected chi connectivity index (χ4v) is 1.67. The number of para-hydroxylation sites is 1. The molecule has 2 heteroatoms. The van der Waals surface area contributed by atoms with Gasteiger partial charge in [-0.1, -0.05) is 25.1 Å². The van der Waals surface area contributed by atoms with Crippen LogP contribution in [-0.4, -0.2) is 23.5 Å². The third-order valence-corrected chi connectivity index (χ3v) is 2.66. The van der Waals surface area contributed by atoms with E-state index in [-0.39, 0.29) is 0 Å². The van der Waals surface area contributed by atoms with Gasteiger partial charge >= 0.3 is 0 Å². The van der Waals surface area contributed by atoms with Crippen molar-refractivity contribution in [3.63, 3.8) is 0 Å². The van der Waals surface area contributed by atoms with Crippen LogP contribution in [0.1, 0.15) is 12.5 Å². The molecule has 0 aliphatic heterocycles. The fraction of sp³-hybridized carbons (Fsp3) is 0.333. The molecule has 0 fully saturated rings. The van der Waals surface area contributed by atoms with Crippen LogP contribution in [0.4, 0.5) is 0 Å². The van der Waals surface area contributed by atoms with Crippen LogP contribution >= 0.6 is 0 Å². The second-order valence-corrected chi connectivity index (χ2v) is 3.69. The lowest BCUT2D eigenvalue weighted by atomic mass is 10.2. The van der Waals surface area contributed by atoms with Gasteiger partial charge in [-0.2, -0.15) is 0 Å². The van der Waals surface area contributed by atoms with E-state index in [1.165, 1.54) is 16.5 Å². The molecule has 14 heavy (non-hydrogen) atoms. The average Bonchev–Trinajstić information content (AvgIpc) is 2.62. The molecule has 1 heterocycles. The van der Waals surface area contributed by atoms with Gasteiger partial charge in [-0.05, 0) is 25.2 Å². The number of aromatic nitrogens is 1. The zero-order chi connectivity index (χ0) is 9.97. The largest absolute Gasteiger partial charge is 0.361 e. The van der Waals surface area contributed by atoms with Crippen LogP contribution in [0.2, 0.25) is 0 Å². The van der Waals surface area contributed by atoms with Crippen molar-refractivity contribution in [3.8, 4) is 0 Å². The Kier molecular flexibility index (Phi) is 2.55. The summed E-state index contributed by atoms with van der Waals surface area (Å²) in [4.78, 5) is 5.59. The van der Waals surface area contributed by atoms with Gasteiger partial charge in [0.25, 0.3) is 0 Å². The maximum Gasteiger partial charge on any atom is 0.0457 e. The number of nitrogens with one attached hydrogen (secondary N) is 1. The number of aromatic amines is 1. The Hall–Kier alpha value is -1.28. The molecule has 0 bridgehead atoms. The maximum atomic E-state index is 3.29. The number of rotatable bonds is 3. The van der Waals surface area contributed by atoms with E-state index in [0.717, 1.165) is 13.1 Å². The van der Waals surface area contributed by atoms with Gasteiger partial charge in [-0.25, -0.2) is 0 Å². The van der Waals surface area contributed by atoms with Gasteiger partial charge < -0.3 is 9.88 Å². The third-order valence-electron chi connectivity index (χ3n) is 2.66. The highest BCUT2D eigenvalue weighted by Gasteiger charge is 2.03. The Labute approximate surface area is 84.5 Å². The topological polar surface area (TPSA) is 19.0 Å². The van der Waals surface area contributed by atoms with Gasteiger partial charge in [0.05, 0.1) is 0 Å². The molecule has 2 aromatic rings. The first kappa shape index (κ1) is 9.28. The number of hydrogen-bond donors (Lipinski definition) is 1. The molecule has 1 aromatic carbocycles. The van der Waals surface area contributed by atoms with Crippen molar-refractivity contribution in [2.75, 3.05) is 13.6 Å². The average molecular weight is 188 g/mol. The highest BCUT2D eigenvalue weighted by Crippen LogP contribution is 2.18. The lowest BCUT2D eigenvalue weighted by Crippen LogP contribution is -2.16. The summed E-state index contributed by atoms with van der Waals surface area (Å²) < 4.78 is 0. The van der Waals surface area contributed by atoms with Crippen LogP contribution in [0.3, 0.4) is 0 Å². The third kappa shape index (κ3) is 1.66. The summed E-state index contributed by atoms with van der Waals surface area (Å²) in [7, 11) is 2.14. The van der Waals surface area contributed by atoms with Crippen molar-refractivity contribution in [3.05, 3.63) is 36.0 Å². The first-order valence-electron chi connectivity index (χ1n) is 5.05. The lowest BCUT2D eigenvalue weighted by Gasteiger charge is -2.12. The lowest BCUT2D eigenvalue weighted by molar-refractivity contribution is 0.347. The van der Waals surface area contributed by atoms with Crippen molar-refractivity contribution in [1.29, 1.82) is 0 Å². The van der Waals surface area contributed by atoms with Gasteiger partial charge in [0, 0.05) is 23.6 Å². The quantitative estimate of drug-likeness (QED) is 0.784. The molecule has 74 valence electrons. The van der Waals surface area contributed by atoms with Crippen molar-refractivity contribution in [1.82, 2.24) is 9.88 Å². The molecular formula is C12H16N2. The molecule has 0 unspecified atom stereocenters. The Bertz CT molecular complexity index is 417. The van der Waals surface area contributed by atoms with Gasteiger partial charge in [0.1, 0.15) is 0 Å². The molecule has 0 aliphatic carbocycles. The predicted molar refractivity (Wildman–Crippen MR) is 60.3 cm³/mol. The van der Waals surface area contributed by atoms with E-state index in [9.17, 15) is 0 Å². The zero-order valence-corrected chi connectivity index (χ0v) is 8.75. The van der Waals surface area contributed by atoms with Crippen molar-refractivity contribution < 1.29 is 0 Å². The molecule has 0 saturated heterocycles. The second-order valence-electron chi connectivity index (χ2n) is 3.69. The van der Waals surface area contributed by atoms with E-state index in [1.54, 1.807) is 0 Å². The van der Waals surface area contributed by atoms with E-state index in [2.05, 4.69) is 54.3 Å². The zero-order valence-electron chi connectivity index (χ0n) is 8.75. The minimum Gasteiger partial charge on any atom is -0.361 e. The van der Waals surface area contributed by atoms with Crippen LogP contribution < -0.4 is 0 Å². The molecule has 1 aromatic heterocycles. The molecular weight excluding hydrogens is 172 g/mol. The molecule has 0 aliphatic rings. The normalized spacial score (nSPS) is 11.4. The molecule has 0 amide bonds. The van der Waals surface area contributed by atoms with Crippen LogP contribution in [0.5, 0.6) is 0 Å². The summed E-state index contributed by atoms with van der Waals surface area (Å²) in [5.41, 5.74) is 2.61. The summed E-state index contributed by atoms with van der Waals surface area (Å²) in [6, 6.07) is 8.44. The molecule has 1 N–H and O–H groups in total. The Morgan fingerprint density at radius 1 is 1.29 bits per heavy atom. The highest BCUT2D eigenvalue weighted by atomic mass is 15.1. The molecule has 2 rings (SSSR count). The van der Waals surface area contributed by atoms with Crippen LogP contribution in [0.25, 0.3) is 10.9 Å². The van der Waals surface area contributed by atoms with E-state index in [1.807, 2.05) is 0 Å². The van der Waals surface area contributed by atoms with Crippen molar-refractivity contribution >= 4 is 10.9 Å². The molecule has 0 spiro atoms. The summed E-state index contributed by atoms with van der Waals surface area (Å²) in [6.07, 6.45) is 2.11. The van der Waals surface area contributed by atoms with Crippen molar-refractivity contribution in [2.24, 2.45) is 0 Å². The number of nitrogens with zero attached hydrogens (tertiary/aromatic N) is 1. The Balaban J connectivity index is 2.33. The maximum absolute atomic E-state index is 3.29. The van der Waals surface area contributed by atoms with Gasteiger partial charge in [0.2, 0.25) is 0 Å². The van der Waals surface area contributed by atoms with Crippen LogP contribution in [0.15, 0.2) is 30.5 Å². The number of fused-ring (bicyclic) bond motifs is 1. The first-order chi connectivity index (χ1) is 6.81. The highest BCUT2D eigenvalue weighted by molar-refractivity contribution is 5.82. The standard InChI is InChI=1S/C12H16N2/c1-3-14(2)9-10-8-13-12-7-5-4-6-11(10)12/h4-8,13H,3,9H2,1-2H3. The number of hydrogen-bond acceptors (Lipinski definition) is 1. The summed E-state index contributed by atoms with van der Waals surface area (Å²) in [6.45, 7) is 4.27. The first-order valence-corrected chi connectivity index (χ1v) is 5.05. The van der Waals surface area contributed by atoms with Crippen LogP contribution in [0, 0.1) is 0 Å². The van der Waals surface area contributed by atoms with Crippen molar-refractivity contribution in [2.45, 2.75) is 13.5 Å². The summed E-state index contributed by atoms with van der Waals surface area (Å²) in [5.74, 6) is 0. The van der Waals surface area contributed by atoms with E-state index < -0.39 is 0 Å². The Morgan fingerprint density at radius 3 is 2.86 bits per heavy atom. The number of H-pyrrole nitrogens is 1. The molecule has 0 saturated carbocycles. The van der Waals surface area contributed by atoms with Gasteiger partial charge in [-0.15, -0.1) is 0 Å². The van der Waals surface area contributed by atoms with E-state index in [0.29, 0.717) is 0 Å². The van der Waals surface area contributed by atoms with Crippen LogP contribution in [-0.2, 0) is 6.54 Å². The molecule has 2 nitrogen and oxygen atoms in total. The SMILES string of the molecule is CCN(C)Cc1c[nH]c2ccccc12. The monoisotopic (exact) mass is 188 g/mol. The van der Waals surface area contributed by atoms with Gasteiger partial charge in [-0.3, -0.25) is 0 Å². The molecule has 0 radical (unpaired) electrons. The summed E-state index contributed by atoms with van der Waals surface area (Å²) in [5, 5.41) is 1.34. The van der Waals surface area contributed by atoms with E-state index in [4.69, 9.17) is 0 Å². The summed E-state index contributed by atoms with van der Waals surface area (Å²) >= 11 is 0. The van der Waals surface area contributed by atoms with E-state index >= 15 is 0 Å². The Morgan fingerprint density at radius 2 is 2.07 bits per heavy atom. The minimum absolute atomic E-state index is 1.01. The van der Waals surface area contributed by atoms with Gasteiger partial charge in [0.15, 0.2) is 0 Å². The fourth-order valence-electron chi connectivity index (χ4n) is 1.67. The smallest absolute Gasteiger partial charge is 0.0457 e. The number of benzene rings is 1. The predicted octanol–water partition coefficient (Wildman–Crippen LogP) is 2.62. The minimum atomic E-state index is 1.01. The second kappa shape index (κ2) is 3.84.